The van der Waals surface area contributed by atoms with Gasteiger partial charge in [0.2, 0.25) is 24.1 Å². The lowest BCUT2D eigenvalue weighted by atomic mass is 10.1. The van der Waals surface area contributed by atoms with Crippen molar-refractivity contribution in [2.45, 2.75) is 25.3 Å². The zero-order valence-electron chi connectivity index (χ0n) is 35.1. The first-order chi connectivity index (χ1) is 29.8. The lowest BCUT2D eigenvalue weighted by Gasteiger charge is -2.13. The van der Waals surface area contributed by atoms with E-state index in [0.717, 1.165) is 0 Å². The second kappa shape index (κ2) is 45.9. The zero-order chi connectivity index (χ0) is 44.7. The average molecular weight is 889 g/mol. The van der Waals surface area contributed by atoms with Crippen molar-refractivity contribution in [3.05, 3.63) is 0 Å². The molecule has 61 heavy (non-hydrogen) atoms. The van der Waals surface area contributed by atoms with Crippen molar-refractivity contribution >= 4 is 36.1 Å². The average Bonchev–Trinajstić information content (AvgIpc) is 3.24. The van der Waals surface area contributed by atoms with E-state index in [1.165, 1.54) is 0 Å². The van der Waals surface area contributed by atoms with E-state index in [1.54, 1.807) is 0 Å². The number of carbonyl (C=O) groups excluding carboxylic acids is 4. The second-order valence-corrected chi connectivity index (χ2v) is 12.1. The summed E-state index contributed by atoms with van der Waals surface area (Å²) in [5, 5.41) is 27.2. The summed E-state index contributed by atoms with van der Waals surface area (Å²) < 4.78 is 65.0. The highest BCUT2D eigenvalue weighted by Crippen LogP contribution is 1.99. The fourth-order valence-electron chi connectivity index (χ4n) is 4.18. The maximum atomic E-state index is 11.8. The highest BCUT2D eigenvalue weighted by Gasteiger charge is 2.20. The minimum atomic E-state index is -1.29. The molecule has 0 aromatic rings. The van der Waals surface area contributed by atoms with Crippen LogP contribution in [0.3, 0.4) is 0 Å². The Hall–Kier alpha value is -3.66. The molecule has 0 bridgehead atoms. The Balaban J connectivity index is 3.22. The number of hydrogen-bond donors (Lipinski definition) is 6. The van der Waals surface area contributed by atoms with Crippen LogP contribution in [0.15, 0.2) is 0 Å². The predicted molar refractivity (Wildman–Crippen MR) is 211 cm³/mol. The summed E-state index contributed by atoms with van der Waals surface area (Å²) in [7, 11) is 0. The number of hydrogen-bond acceptors (Lipinski definition) is 18. The largest absolute Gasteiger partial charge is 0.481 e. The van der Waals surface area contributed by atoms with E-state index in [9.17, 15) is 28.8 Å². The number of rotatable bonds is 49. The lowest BCUT2D eigenvalue weighted by molar-refractivity contribution is -0.143. The molecule has 24 heteroatoms. The van der Waals surface area contributed by atoms with Crippen molar-refractivity contribution in [2.75, 3.05) is 178 Å². The normalized spacial score (nSPS) is 11.5. The van der Waals surface area contributed by atoms with Crippen LogP contribution in [-0.4, -0.2) is 231 Å². The Morgan fingerprint density at radius 3 is 1.07 bits per heavy atom. The van der Waals surface area contributed by atoms with Gasteiger partial charge in [0.05, 0.1) is 172 Å². The summed E-state index contributed by atoms with van der Waals surface area (Å²) >= 11 is 0. The van der Waals surface area contributed by atoms with Crippen molar-refractivity contribution in [3.63, 3.8) is 0 Å². The topological polar surface area (TPSA) is 302 Å². The second-order valence-electron chi connectivity index (χ2n) is 12.1. The Labute approximate surface area is 356 Å². The summed E-state index contributed by atoms with van der Waals surface area (Å²) in [5.41, 5.74) is 0. The molecule has 0 aromatic heterocycles. The van der Waals surface area contributed by atoms with E-state index >= 15 is 0 Å². The molecule has 0 aromatic carbocycles. The van der Waals surface area contributed by atoms with Gasteiger partial charge in [-0.05, 0) is 6.42 Å². The monoisotopic (exact) mass is 888 g/mol. The molecule has 0 aliphatic carbocycles. The van der Waals surface area contributed by atoms with Gasteiger partial charge in [0.25, 0.3) is 0 Å². The molecular formula is C37H68N4O20. The predicted octanol–water partition coefficient (Wildman–Crippen LogP) is -3.01. The molecule has 0 spiro atoms. The summed E-state index contributed by atoms with van der Waals surface area (Å²) in [6, 6.07) is -1.26. The van der Waals surface area contributed by atoms with Crippen LogP contribution in [0.25, 0.3) is 0 Å². The van der Waals surface area contributed by atoms with Crippen LogP contribution >= 0.6 is 0 Å². The van der Waals surface area contributed by atoms with E-state index in [-0.39, 0.29) is 51.5 Å². The molecule has 0 rings (SSSR count). The molecule has 0 aliphatic heterocycles. The summed E-state index contributed by atoms with van der Waals surface area (Å²) in [6.45, 7) is 9.25. The molecule has 0 saturated heterocycles. The quantitative estimate of drug-likeness (QED) is 0.0262. The number of aliphatic carboxylic acids is 2. The van der Waals surface area contributed by atoms with Crippen LogP contribution in [0.5, 0.6) is 0 Å². The van der Waals surface area contributed by atoms with Crippen molar-refractivity contribution < 1.29 is 95.8 Å². The molecule has 24 nitrogen and oxygen atoms in total. The highest BCUT2D eigenvalue weighted by atomic mass is 16.6. The minimum absolute atomic E-state index is 0.0561. The van der Waals surface area contributed by atoms with Crippen LogP contribution in [0.4, 0.5) is 0 Å². The molecule has 6 N–H and O–H groups in total. The highest BCUT2D eigenvalue weighted by molar-refractivity contribution is 5.86. The Kier molecular flexibility index (Phi) is 43.1. The van der Waals surface area contributed by atoms with Crippen molar-refractivity contribution in [1.82, 2.24) is 21.3 Å². The third-order valence-corrected chi connectivity index (χ3v) is 7.21. The molecule has 356 valence electrons. The maximum Gasteiger partial charge on any atom is 0.326 e. The van der Waals surface area contributed by atoms with Crippen LogP contribution < -0.4 is 21.3 Å². The number of nitrogens with one attached hydrogen (secondary N) is 4. The van der Waals surface area contributed by atoms with Gasteiger partial charge in [-0.3, -0.25) is 24.0 Å². The van der Waals surface area contributed by atoms with E-state index in [4.69, 9.17) is 67.1 Å². The Morgan fingerprint density at radius 1 is 0.410 bits per heavy atom. The third kappa shape index (κ3) is 45.7. The van der Waals surface area contributed by atoms with Gasteiger partial charge in [-0.25, -0.2) is 4.79 Å². The van der Waals surface area contributed by atoms with Crippen LogP contribution in [0, 0.1) is 0 Å². The van der Waals surface area contributed by atoms with Gasteiger partial charge in [-0.15, -0.1) is 0 Å². The first-order valence-corrected chi connectivity index (χ1v) is 20.1. The van der Waals surface area contributed by atoms with Crippen molar-refractivity contribution in [3.8, 4) is 0 Å². The van der Waals surface area contributed by atoms with Crippen molar-refractivity contribution in [2.24, 2.45) is 0 Å². The molecule has 0 radical (unpaired) electrons. The fourth-order valence-corrected chi connectivity index (χ4v) is 4.18. The number of ether oxygens (including phenoxy) is 12. The molecular weight excluding hydrogens is 820 g/mol. The minimum Gasteiger partial charge on any atom is -0.481 e. The maximum absolute atomic E-state index is 11.8. The van der Waals surface area contributed by atoms with Crippen LogP contribution in [-0.2, 0) is 85.6 Å². The SMILES string of the molecule is O=CNCC(=O)NCC(=O)NCCOCCOCCOCCOCCOCCOCCOCCOCCOCCOCCOCCOCCC(=O)NC(CCC(=O)O)C(=O)O. The summed E-state index contributed by atoms with van der Waals surface area (Å²) in [4.78, 5) is 66.5. The van der Waals surface area contributed by atoms with Crippen LogP contribution in [0.2, 0.25) is 0 Å². The molecule has 0 fully saturated rings. The third-order valence-electron chi connectivity index (χ3n) is 7.21. The molecule has 1 atom stereocenters. The van der Waals surface area contributed by atoms with Gasteiger partial charge >= 0.3 is 11.9 Å². The molecule has 4 amide bonds. The van der Waals surface area contributed by atoms with Gasteiger partial charge in [0.1, 0.15) is 6.04 Å². The fraction of sp³-hybridized carbons (Fsp3) is 0.838. The number of carboxylic acid groups (broad SMARTS) is 2. The number of carboxylic acids is 2. The number of carbonyl (C=O) groups is 6. The van der Waals surface area contributed by atoms with Gasteiger partial charge in [0, 0.05) is 19.4 Å². The molecule has 0 heterocycles. The Bertz CT molecular complexity index is 1100. The first kappa shape index (κ1) is 57.3. The van der Waals surface area contributed by atoms with Gasteiger partial charge in [-0.2, -0.15) is 0 Å². The van der Waals surface area contributed by atoms with Gasteiger partial charge in [0.15, 0.2) is 0 Å². The first-order valence-electron chi connectivity index (χ1n) is 20.1. The molecule has 0 aliphatic rings. The van der Waals surface area contributed by atoms with E-state index in [1.807, 2.05) is 0 Å². The van der Waals surface area contributed by atoms with E-state index < -0.39 is 29.8 Å². The van der Waals surface area contributed by atoms with E-state index in [0.29, 0.717) is 158 Å². The van der Waals surface area contributed by atoms with E-state index in [2.05, 4.69) is 21.3 Å². The molecule has 1 unspecified atom stereocenters. The number of amides is 4. The smallest absolute Gasteiger partial charge is 0.326 e. The van der Waals surface area contributed by atoms with Gasteiger partial charge in [-0.1, -0.05) is 0 Å². The van der Waals surface area contributed by atoms with Gasteiger partial charge < -0.3 is 88.3 Å². The molecule has 0 saturated carbocycles. The Morgan fingerprint density at radius 2 is 0.738 bits per heavy atom. The summed E-state index contributed by atoms with van der Waals surface area (Å²) in [5.74, 6) is -3.78. The zero-order valence-corrected chi connectivity index (χ0v) is 35.1. The standard InChI is InChI=1S/C37H68N4O20/c42-31-38-29-34(44)40-30-35(45)39-4-6-51-8-10-53-12-14-55-16-18-57-20-22-59-24-26-61-28-27-60-25-23-58-21-19-56-17-15-54-13-11-52-9-7-50-5-3-33(43)41-32(37(48)49)1-2-36(46)47/h31-32H,1-30H2,(H,38,42)(H,39,45)(H,40,44)(H,41,43)(H,46,47)(H,48,49). The lowest BCUT2D eigenvalue weighted by Crippen LogP contribution is -2.41. The van der Waals surface area contributed by atoms with Crippen LogP contribution in [0.1, 0.15) is 19.3 Å². The van der Waals surface area contributed by atoms with Crippen molar-refractivity contribution in [1.29, 1.82) is 0 Å². The summed E-state index contributed by atoms with van der Waals surface area (Å²) in [6.07, 6.45) is -0.214.